The van der Waals surface area contributed by atoms with E-state index in [1.165, 1.54) is 7.11 Å². The van der Waals surface area contributed by atoms with Crippen LogP contribution in [0.15, 0.2) is 54.6 Å². The number of unbranched alkanes of at least 4 members (excludes halogenated alkanes) is 1. The second-order valence-corrected chi connectivity index (χ2v) is 6.81. The summed E-state index contributed by atoms with van der Waals surface area (Å²) in [6, 6.07) is 16.6. The van der Waals surface area contributed by atoms with Gasteiger partial charge in [-0.05, 0) is 37.0 Å². The molecular weight excluding hydrogens is 384 g/mol. The highest BCUT2D eigenvalue weighted by Crippen LogP contribution is 2.16. The molecule has 30 heavy (non-hydrogen) atoms. The van der Waals surface area contributed by atoms with Crippen LogP contribution in [0.5, 0.6) is 0 Å². The number of imidazole rings is 1. The number of aromatic nitrogens is 2. The Hall–Kier alpha value is -3.55. The summed E-state index contributed by atoms with van der Waals surface area (Å²) in [6.07, 6.45) is 1.51. The monoisotopic (exact) mass is 410 g/mol. The molecule has 0 saturated carbocycles. The lowest BCUT2D eigenvalue weighted by molar-refractivity contribution is -0.141. The van der Waals surface area contributed by atoms with E-state index >= 15 is 0 Å². The number of hydrogen-bond acceptors (Lipinski definition) is 6. The van der Waals surface area contributed by atoms with Gasteiger partial charge < -0.3 is 25.1 Å². The Morgan fingerprint density at radius 1 is 1.07 bits per heavy atom. The highest BCUT2D eigenvalue weighted by atomic mass is 16.5. The number of benzene rings is 2. The quantitative estimate of drug-likeness (QED) is 0.348. The van der Waals surface area contributed by atoms with Crippen molar-refractivity contribution in [2.24, 2.45) is 0 Å². The number of nitrogens with zero attached hydrogens (tertiary/aromatic N) is 1. The number of para-hydroxylation sites is 2. The van der Waals surface area contributed by atoms with Gasteiger partial charge in [0.15, 0.2) is 0 Å². The number of esters is 1. The number of carbonyl (C=O) groups is 2. The van der Waals surface area contributed by atoms with Crippen LogP contribution in [0, 0.1) is 0 Å². The highest BCUT2D eigenvalue weighted by molar-refractivity contribution is 5.81. The number of anilines is 1. The fraction of sp³-hybridized carbons (Fsp3) is 0.318. The molecule has 0 fully saturated rings. The average molecular weight is 410 g/mol. The lowest BCUT2D eigenvalue weighted by Crippen LogP contribution is -2.31. The molecule has 0 bridgehead atoms. The smallest absolute Gasteiger partial charge is 0.407 e. The van der Waals surface area contributed by atoms with E-state index < -0.39 is 12.1 Å². The maximum absolute atomic E-state index is 12.1. The third-order valence-electron chi connectivity index (χ3n) is 4.59. The van der Waals surface area contributed by atoms with Gasteiger partial charge in [0.25, 0.3) is 0 Å². The predicted octanol–water partition coefficient (Wildman–Crippen LogP) is 3.61. The van der Waals surface area contributed by atoms with Crippen molar-refractivity contribution in [3.05, 3.63) is 60.2 Å². The normalized spacial score (nSPS) is 11.6. The minimum Gasteiger partial charge on any atom is -0.467 e. The van der Waals surface area contributed by atoms with Gasteiger partial charge in [0.1, 0.15) is 12.6 Å². The van der Waals surface area contributed by atoms with Crippen molar-refractivity contribution in [3.8, 4) is 0 Å². The Balaban J connectivity index is 1.39. The van der Waals surface area contributed by atoms with Crippen LogP contribution in [0.25, 0.3) is 11.0 Å². The molecular formula is C22H26N4O4. The van der Waals surface area contributed by atoms with Crippen LogP contribution >= 0.6 is 0 Å². The summed E-state index contributed by atoms with van der Waals surface area (Å²) in [6.45, 7) is 0.699. The van der Waals surface area contributed by atoms with Crippen molar-refractivity contribution in [1.82, 2.24) is 15.3 Å². The summed E-state index contributed by atoms with van der Waals surface area (Å²) in [5, 5.41) is 5.83. The van der Waals surface area contributed by atoms with Gasteiger partial charge in [0.05, 0.1) is 18.1 Å². The van der Waals surface area contributed by atoms with Crippen LogP contribution in [-0.4, -0.2) is 41.7 Å². The van der Waals surface area contributed by atoms with Gasteiger partial charge in [-0.1, -0.05) is 42.5 Å². The van der Waals surface area contributed by atoms with Crippen molar-refractivity contribution < 1.29 is 19.1 Å². The van der Waals surface area contributed by atoms with E-state index in [0.29, 0.717) is 31.8 Å². The van der Waals surface area contributed by atoms with E-state index in [2.05, 4.69) is 20.6 Å². The molecule has 3 N–H and O–H groups in total. The number of alkyl carbamates (subject to hydrolysis) is 1. The first kappa shape index (κ1) is 21.2. The first-order valence-electron chi connectivity index (χ1n) is 9.89. The van der Waals surface area contributed by atoms with E-state index in [0.717, 1.165) is 16.6 Å². The SMILES string of the molecule is COC(=O)[C@H](CCCCNC(=O)OCc1ccccc1)Nc1nc2ccccc2[nH]1. The van der Waals surface area contributed by atoms with Gasteiger partial charge in [0, 0.05) is 6.54 Å². The van der Waals surface area contributed by atoms with Gasteiger partial charge in [0.2, 0.25) is 5.95 Å². The molecule has 0 unspecified atom stereocenters. The Morgan fingerprint density at radius 3 is 2.60 bits per heavy atom. The standard InChI is InChI=1S/C22H26N4O4/c1-29-20(27)19(26-21-24-17-11-5-6-12-18(17)25-21)13-7-8-14-23-22(28)30-15-16-9-3-2-4-10-16/h2-6,9-12,19H,7-8,13-15H2,1H3,(H,23,28)(H2,24,25,26)/t19-/m0/s1. The molecule has 0 aliphatic rings. The van der Waals surface area contributed by atoms with Crippen LogP contribution in [0.3, 0.4) is 0 Å². The van der Waals surface area contributed by atoms with Gasteiger partial charge in [-0.15, -0.1) is 0 Å². The number of fused-ring (bicyclic) bond motifs is 1. The molecule has 1 atom stereocenters. The highest BCUT2D eigenvalue weighted by Gasteiger charge is 2.20. The molecule has 8 heteroatoms. The van der Waals surface area contributed by atoms with E-state index in [9.17, 15) is 9.59 Å². The molecule has 0 saturated heterocycles. The van der Waals surface area contributed by atoms with Crippen LogP contribution in [0.4, 0.5) is 10.7 Å². The molecule has 0 aliphatic carbocycles. The van der Waals surface area contributed by atoms with Crippen LogP contribution < -0.4 is 10.6 Å². The average Bonchev–Trinajstić information content (AvgIpc) is 3.19. The fourth-order valence-electron chi connectivity index (χ4n) is 3.02. The number of methoxy groups -OCH3 is 1. The van der Waals surface area contributed by atoms with Gasteiger partial charge in [-0.2, -0.15) is 0 Å². The number of ether oxygens (including phenoxy) is 2. The molecule has 0 radical (unpaired) electrons. The van der Waals surface area contributed by atoms with Crippen molar-refractivity contribution >= 4 is 29.0 Å². The van der Waals surface area contributed by atoms with E-state index in [1.807, 2.05) is 54.6 Å². The summed E-state index contributed by atoms with van der Waals surface area (Å²) >= 11 is 0. The van der Waals surface area contributed by atoms with Crippen molar-refractivity contribution in [2.75, 3.05) is 19.0 Å². The zero-order chi connectivity index (χ0) is 21.2. The first-order valence-corrected chi connectivity index (χ1v) is 9.89. The summed E-state index contributed by atoms with van der Waals surface area (Å²) in [5.74, 6) is 0.167. The number of carbonyl (C=O) groups excluding carboxylic acids is 2. The lowest BCUT2D eigenvalue weighted by Gasteiger charge is -2.15. The molecule has 1 amide bonds. The molecule has 2 aromatic carbocycles. The summed E-state index contributed by atoms with van der Waals surface area (Å²) in [4.78, 5) is 31.4. The number of H-pyrrole nitrogens is 1. The van der Waals surface area contributed by atoms with Gasteiger partial charge in [-0.25, -0.2) is 14.6 Å². The van der Waals surface area contributed by atoms with Crippen molar-refractivity contribution in [2.45, 2.75) is 31.9 Å². The summed E-state index contributed by atoms with van der Waals surface area (Å²) in [5.41, 5.74) is 2.65. The Morgan fingerprint density at radius 2 is 1.83 bits per heavy atom. The first-order chi connectivity index (χ1) is 14.7. The molecule has 3 aromatic rings. The van der Waals surface area contributed by atoms with E-state index in [4.69, 9.17) is 9.47 Å². The molecule has 3 rings (SSSR count). The molecule has 0 aliphatic heterocycles. The zero-order valence-electron chi connectivity index (χ0n) is 16.9. The third kappa shape index (κ3) is 6.23. The third-order valence-corrected chi connectivity index (χ3v) is 4.59. The Bertz CT molecular complexity index is 925. The minimum absolute atomic E-state index is 0.235. The molecule has 8 nitrogen and oxygen atoms in total. The number of aromatic amines is 1. The minimum atomic E-state index is -0.527. The Kier molecular flexibility index (Phi) is 7.65. The number of hydrogen-bond donors (Lipinski definition) is 3. The van der Waals surface area contributed by atoms with E-state index in [-0.39, 0.29) is 12.6 Å². The van der Waals surface area contributed by atoms with Gasteiger partial charge >= 0.3 is 12.1 Å². The molecule has 1 heterocycles. The second-order valence-electron chi connectivity index (χ2n) is 6.81. The van der Waals surface area contributed by atoms with Crippen LogP contribution in [0.1, 0.15) is 24.8 Å². The topological polar surface area (TPSA) is 105 Å². The largest absolute Gasteiger partial charge is 0.467 e. The maximum atomic E-state index is 12.1. The van der Waals surface area contributed by atoms with Crippen molar-refractivity contribution in [1.29, 1.82) is 0 Å². The zero-order valence-corrected chi connectivity index (χ0v) is 16.9. The van der Waals surface area contributed by atoms with Crippen LogP contribution in [0.2, 0.25) is 0 Å². The summed E-state index contributed by atoms with van der Waals surface area (Å²) < 4.78 is 10.1. The van der Waals surface area contributed by atoms with Crippen molar-refractivity contribution in [3.63, 3.8) is 0 Å². The van der Waals surface area contributed by atoms with Crippen LogP contribution in [-0.2, 0) is 20.9 Å². The number of rotatable bonds is 10. The number of nitrogens with one attached hydrogen (secondary N) is 3. The fourth-order valence-corrected chi connectivity index (χ4v) is 3.02. The molecule has 0 spiro atoms. The predicted molar refractivity (Wildman–Crippen MR) is 114 cm³/mol. The summed E-state index contributed by atoms with van der Waals surface area (Å²) in [7, 11) is 1.36. The molecule has 158 valence electrons. The second kappa shape index (κ2) is 10.8. The number of amides is 1. The Labute approximate surface area is 175 Å². The van der Waals surface area contributed by atoms with Gasteiger partial charge in [-0.3, -0.25) is 0 Å². The lowest BCUT2D eigenvalue weighted by atomic mass is 10.1. The molecule has 1 aromatic heterocycles. The van der Waals surface area contributed by atoms with E-state index in [1.54, 1.807) is 0 Å². The maximum Gasteiger partial charge on any atom is 0.407 e.